The fourth-order valence-electron chi connectivity index (χ4n) is 5.07. The Morgan fingerprint density at radius 1 is 1.03 bits per heavy atom. The van der Waals surface area contributed by atoms with E-state index < -0.39 is 0 Å². The van der Waals surface area contributed by atoms with Gasteiger partial charge in [0.2, 0.25) is 0 Å². The fraction of sp³-hybridized carbons (Fsp3) is 0.708. The van der Waals surface area contributed by atoms with Gasteiger partial charge in [0.15, 0.2) is 11.4 Å². The summed E-state index contributed by atoms with van der Waals surface area (Å²) in [7, 11) is 1.91. The van der Waals surface area contributed by atoms with Crippen molar-refractivity contribution in [1.82, 2.24) is 19.7 Å². The molecule has 0 atom stereocenters. The second-order valence-corrected chi connectivity index (χ2v) is 9.18. The van der Waals surface area contributed by atoms with Gasteiger partial charge in [-0.25, -0.2) is 9.67 Å². The summed E-state index contributed by atoms with van der Waals surface area (Å²) < 4.78 is 1.79. The molecule has 0 spiro atoms. The number of hydrogen-bond acceptors (Lipinski definition) is 5. The maximum atomic E-state index is 13.1. The molecule has 0 unspecified atom stereocenters. The van der Waals surface area contributed by atoms with E-state index in [1.165, 1.54) is 45.1 Å². The van der Waals surface area contributed by atoms with Crippen LogP contribution < -0.4 is 4.90 Å². The van der Waals surface area contributed by atoms with Gasteiger partial charge in [-0.15, -0.1) is 0 Å². The number of pyridine rings is 1. The minimum Gasteiger partial charge on any atom is -0.357 e. The molecule has 2 aliphatic rings. The smallest absolute Gasteiger partial charge is 0.184 e. The van der Waals surface area contributed by atoms with Crippen LogP contribution in [0.3, 0.4) is 0 Å². The van der Waals surface area contributed by atoms with Gasteiger partial charge in [-0.1, -0.05) is 26.2 Å². The number of likely N-dealkylation sites (tertiary alicyclic amines) is 1. The zero-order valence-corrected chi connectivity index (χ0v) is 18.8. The second-order valence-electron chi connectivity index (χ2n) is 9.18. The molecule has 0 aromatic carbocycles. The number of aryl methyl sites for hydroxylation is 1. The van der Waals surface area contributed by atoms with Crippen LogP contribution in [0.25, 0.3) is 11.0 Å². The van der Waals surface area contributed by atoms with Crippen LogP contribution in [0.4, 0.5) is 5.82 Å². The van der Waals surface area contributed by atoms with E-state index in [-0.39, 0.29) is 5.78 Å². The lowest BCUT2D eigenvalue weighted by molar-refractivity contribution is 0.0924. The third-order valence-corrected chi connectivity index (χ3v) is 6.84. The highest BCUT2D eigenvalue weighted by atomic mass is 16.1. The Morgan fingerprint density at radius 2 is 1.73 bits per heavy atom. The van der Waals surface area contributed by atoms with Crippen LogP contribution in [-0.4, -0.2) is 58.2 Å². The molecule has 2 aliphatic heterocycles. The van der Waals surface area contributed by atoms with Gasteiger partial charge in [-0.2, -0.15) is 5.10 Å². The lowest BCUT2D eigenvalue weighted by Gasteiger charge is -2.31. The molecule has 0 aliphatic carbocycles. The van der Waals surface area contributed by atoms with Crippen LogP contribution in [0.2, 0.25) is 0 Å². The number of carbonyl (C=O) groups excluding carboxylic acids is 1. The van der Waals surface area contributed by atoms with E-state index in [2.05, 4.69) is 34.0 Å². The largest absolute Gasteiger partial charge is 0.357 e. The molecule has 0 saturated carbocycles. The van der Waals surface area contributed by atoms with Crippen molar-refractivity contribution in [1.29, 1.82) is 0 Å². The van der Waals surface area contributed by atoms with Crippen molar-refractivity contribution in [2.45, 2.75) is 64.7 Å². The van der Waals surface area contributed by atoms with Crippen molar-refractivity contribution in [3.63, 3.8) is 0 Å². The van der Waals surface area contributed by atoms with Crippen molar-refractivity contribution in [3.05, 3.63) is 17.8 Å². The Labute approximate surface area is 180 Å². The molecule has 6 nitrogen and oxygen atoms in total. The van der Waals surface area contributed by atoms with Crippen LogP contribution in [0.15, 0.2) is 12.1 Å². The van der Waals surface area contributed by atoms with Gasteiger partial charge in [0, 0.05) is 26.6 Å². The summed E-state index contributed by atoms with van der Waals surface area (Å²) in [6, 6.07) is 4.16. The number of ketones is 1. The quantitative estimate of drug-likeness (QED) is 0.658. The number of rotatable bonds is 6. The molecule has 0 N–H and O–H groups in total. The average molecular weight is 412 g/mol. The first-order valence-corrected chi connectivity index (χ1v) is 12.0. The monoisotopic (exact) mass is 411 g/mol. The topological polar surface area (TPSA) is 54.3 Å². The lowest BCUT2D eigenvalue weighted by Crippen LogP contribution is -2.34. The normalized spacial score (nSPS) is 19.7. The third kappa shape index (κ3) is 4.85. The van der Waals surface area contributed by atoms with Gasteiger partial charge in [0.25, 0.3) is 0 Å². The number of carbonyl (C=O) groups is 1. The Morgan fingerprint density at radius 3 is 2.43 bits per heavy atom. The van der Waals surface area contributed by atoms with Gasteiger partial charge >= 0.3 is 0 Å². The molecule has 4 rings (SSSR count). The number of fused-ring (bicyclic) bond motifs is 1. The summed E-state index contributed by atoms with van der Waals surface area (Å²) in [5.41, 5.74) is 1.44. The van der Waals surface area contributed by atoms with Gasteiger partial charge in [-0.3, -0.25) is 4.79 Å². The van der Waals surface area contributed by atoms with E-state index in [1.807, 2.05) is 7.05 Å². The summed E-state index contributed by atoms with van der Waals surface area (Å²) in [5, 5.41) is 5.50. The van der Waals surface area contributed by atoms with Crippen molar-refractivity contribution < 1.29 is 4.79 Å². The first-order valence-electron chi connectivity index (χ1n) is 12.0. The number of aromatic nitrogens is 3. The molecule has 0 bridgehead atoms. The molecule has 2 fully saturated rings. The summed E-state index contributed by atoms with van der Waals surface area (Å²) in [6.45, 7) is 7.79. The first-order chi connectivity index (χ1) is 14.7. The molecular formula is C24H37N5O. The second kappa shape index (κ2) is 9.90. The average Bonchev–Trinajstić information content (AvgIpc) is 3.06. The van der Waals surface area contributed by atoms with E-state index in [1.54, 1.807) is 4.68 Å². The summed E-state index contributed by atoms with van der Waals surface area (Å²) in [5.74, 6) is 1.68. The molecule has 4 heterocycles. The number of nitrogens with zero attached hydrogens (tertiary/aromatic N) is 5. The minimum atomic E-state index is 0.176. The standard InChI is InChI=1S/C24H37N5O/c1-3-13-28-16-11-19(12-17-28)18-21(30)23-20-9-10-22(25-24(20)27(2)26-23)29-14-7-5-4-6-8-15-29/h9-10,19H,3-8,11-18H2,1-2H3. The maximum absolute atomic E-state index is 13.1. The van der Waals surface area contributed by atoms with Crippen molar-refractivity contribution in [2.24, 2.45) is 13.0 Å². The minimum absolute atomic E-state index is 0.176. The van der Waals surface area contributed by atoms with Crippen molar-refractivity contribution in [3.8, 4) is 0 Å². The van der Waals surface area contributed by atoms with Crippen molar-refractivity contribution >= 4 is 22.6 Å². The summed E-state index contributed by atoms with van der Waals surface area (Å²) >= 11 is 0. The van der Waals surface area contributed by atoms with Crippen LogP contribution in [0, 0.1) is 5.92 Å². The number of hydrogen-bond donors (Lipinski definition) is 0. The molecule has 2 aromatic heterocycles. The van der Waals surface area contributed by atoms with Gasteiger partial charge in [0.1, 0.15) is 11.5 Å². The molecule has 30 heavy (non-hydrogen) atoms. The number of piperidine rings is 1. The maximum Gasteiger partial charge on any atom is 0.184 e. The zero-order chi connectivity index (χ0) is 20.9. The van der Waals surface area contributed by atoms with Crippen LogP contribution >= 0.6 is 0 Å². The molecule has 6 heteroatoms. The highest BCUT2D eigenvalue weighted by Crippen LogP contribution is 2.27. The predicted molar refractivity (Wildman–Crippen MR) is 122 cm³/mol. The van der Waals surface area contributed by atoms with Crippen LogP contribution in [0.1, 0.15) is 75.2 Å². The molecule has 2 aromatic rings. The Kier molecular flexibility index (Phi) is 7.03. The Bertz CT molecular complexity index is 845. The van der Waals surface area contributed by atoms with E-state index in [0.717, 1.165) is 55.9 Å². The van der Waals surface area contributed by atoms with E-state index in [9.17, 15) is 4.79 Å². The Balaban J connectivity index is 1.46. The van der Waals surface area contributed by atoms with Gasteiger partial charge < -0.3 is 9.80 Å². The highest BCUT2D eigenvalue weighted by Gasteiger charge is 2.25. The number of anilines is 1. The molecular weight excluding hydrogens is 374 g/mol. The van der Waals surface area contributed by atoms with Crippen LogP contribution in [0.5, 0.6) is 0 Å². The third-order valence-electron chi connectivity index (χ3n) is 6.84. The molecule has 164 valence electrons. The summed E-state index contributed by atoms with van der Waals surface area (Å²) in [4.78, 5) is 22.9. The highest BCUT2D eigenvalue weighted by molar-refractivity contribution is 6.05. The van der Waals surface area contributed by atoms with E-state index >= 15 is 0 Å². The van der Waals surface area contributed by atoms with Gasteiger partial charge in [0.05, 0.1) is 5.39 Å². The van der Waals surface area contributed by atoms with Crippen LogP contribution in [-0.2, 0) is 7.05 Å². The van der Waals surface area contributed by atoms with Gasteiger partial charge in [-0.05, 0) is 69.8 Å². The predicted octanol–water partition coefficient (Wildman–Crippen LogP) is 4.43. The SMILES string of the molecule is CCCN1CCC(CC(=O)c2nn(C)c3nc(N4CCCCCCC4)ccc23)CC1. The lowest BCUT2D eigenvalue weighted by atomic mass is 9.90. The number of Topliss-reactive ketones (excluding diaryl/α,β-unsaturated/α-hetero) is 1. The fourth-order valence-corrected chi connectivity index (χ4v) is 5.07. The molecule has 2 saturated heterocycles. The van der Waals surface area contributed by atoms with E-state index in [4.69, 9.17) is 4.98 Å². The van der Waals surface area contributed by atoms with E-state index in [0.29, 0.717) is 18.0 Å². The zero-order valence-electron chi connectivity index (χ0n) is 18.8. The molecule has 0 amide bonds. The first kappa shape index (κ1) is 21.3. The Hall–Kier alpha value is -1.95. The summed E-state index contributed by atoms with van der Waals surface area (Å²) in [6.07, 6.45) is 10.5. The van der Waals surface area contributed by atoms with Crippen molar-refractivity contribution in [2.75, 3.05) is 37.6 Å². The molecule has 0 radical (unpaired) electrons.